The molecule has 0 bridgehead atoms. The minimum absolute atomic E-state index is 0.0462. The Bertz CT molecular complexity index is 278. The van der Waals surface area contributed by atoms with Crippen molar-refractivity contribution in [2.24, 2.45) is 0 Å². The Labute approximate surface area is 108 Å². The van der Waals surface area contributed by atoms with Gasteiger partial charge in [-0.25, -0.2) is 4.79 Å². The predicted molar refractivity (Wildman–Crippen MR) is 68.5 cm³/mol. The molecule has 2 amide bonds. The molecule has 0 unspecified atom stereocenters. The van der Waals surface area contributed by atoms with E-state index in [4.69, 9.17) is 5.11 Å². The number of nitrogens with one attached hydrogen (secondary N) is 2. The van der Waals surface area contributed by atoms with Gasteiger partial charge in [0, 0.05) is 25.7 Å². The van der Waals surface area contributed by atoms with Crippen LogP contribution in [0.3, 0.4) is 0 Å². The molecule has 0 atom stereocenters. The number of aliphatic carboxylic acids is 1. The third kappa shape index (κ3) is 5.86. The summed E-state index contributed by atoms with van der Waals surface area (Å²) in [4.78, 5) is 23.8. The van der Waals surface area contributed by atoms with E-state index in [0.717, 1.165) is 6.54 Å². The van der Waals surface area contributed by atoms with E-state index in [0.29, 0.717) is 12.6 Å². The summed E-state index contributed by atoms with van der Waals surface area (Å²) in [5.41, 5.74) is 0. The van der Waals surface area contributed by atoms with Gasteiger partial charge in [0.05, 0.1) is 6.42 Å². The highest BCUT2D eigenvalue weighted by atomic mass is 16.4. The van der Waals surface area contributed by atoms with Crippen LogP contribution in [0.2, 0.25) is 0 Å². The minimum atomic E-state index is -0.906. The third-order valence-corrected chi connectivity index (χ3v) is 3.32. The number of hydrogen-bond donors (Lipinski definition) is 3. The Hall–Kier alpha value is -1.30. The molecule has 0 aromatic carbocycles. The van der Waals surface area contributed by atoms with Crippen molar-refractivity contribution in [2.45, 2.75) is 38.1 Å². The van der Waals surface area contributed by atoms with Gasteiger partial charge in [-0.3, -0.25) is 4.79 Å². The Morgan fingerprint density at radius 1 is 1.22 bits per heavy atom. The van der Waals surface area contributed by atoms with Gasteiger partial charge in [-0.15, -0.1) is 0 Å². The molecule has 1 saturated carbocycles. The molecular formula is C12H23N3O3. The fourth-order valence-corrected chi connectivity index (χ4v) is 2.22. The van der Waals surface area contributed by atoms with Crippen LogP contribution in [0.5, 0.6) is 0 Å². The average molecular weight is 257 g/mol. The summed E-state index contributed by atoms with van der Waals surface area (Å²) >= 11 is 0. The van der Waals surface area contributed by atoms with Crippen LogP contribution in [0.25, 0.3) is 0 Å². The quantitative estimate of drug-likeness (QED) is 0.625. The second kappa shape index (κ2) is 7.92. The SMILES string of the molecule is CN(CCNC(=O)NCCC(=O)O)C1CCCC1. The van der Waals surface area contributed by atoms with Crippen LogP contribution in [0.4, 0.5) is 4.79 Å². The molecule has 0 aromatic heterocycles. The molecule has 0 saturated heterocycles. The van der Waals surface area contributed by atoms with E-state index in [1.54, 1.807) is 0 Å². The van der Waals surface area contributed by atoms with Crippen molar-refractivity contribution in [2.75, 3.05) is 26.7 Å². The topological polar surface area (TPSA) is 81.7 Å². The normalized spacial score (nSPS) is 15.9. The maximum Gasteiger partial charge on any atom is 0.314 e. The van der Waals surface area contributed by atoms with Crippen molar-refractivity contribution in [3.63, 3.8) is 0 Å². The van der Waals surface area contributed by atoms with Gasteiger partial charge in [0.25, 0.3) is 0 Å². The Morgan fingerprint density at radius 3 is 2.44 bits per heavy atom. The zero-order valence-corrected chi connectivity index (χ0v) is 10.9. The lowest BCUT2D eigenvalue weighted by molar-refractivity contribution is -0.136. The number of carboxylic acids is 1. The predicted octanol–water partition coefficient (Wildman–Crippen LogP) is 0.635. The Morgan fingerprint density at radius 2 is 1.83 bits per heavy atom. The first kappa shape index (κ1) is 14.8. The molecule has 104 valence electrons. The van der Waals surface area contributed by atoms with Gasteiger partial charge in [0.15, 0.2) is 0 Å². The lowest BCUT2D eigenvalue weighted by Crippen LogP contribution is -2.42. The first-order chi connectivity index (χ1) is 8.59. The number of rotatable bonds is 7. The maximum atomic E-state index is 11.3. The Balaban J connectivity index is 2.02. The van der Waals surface area contributed by atoms with Crippen LogP contribution in [0.1, 0.15) is 32.1 Å². The highest BCUT2D eigenvalue weighted by Crippen LogP contribution is 2.21. The van der Waals surface area contributed by atoms with E-state index < -0.39 is 5.97 Å². The molecule has 0 aromatic rings. The molecule has 1 aliphatic carbocycles. The highest BCUT2D eigenvalue weighted by Gasteiger charge is 2.18. The molecule has 6 heteroatoms. The summed E-state index contributed by atoms with van der Waals surface area (Å²) in [7, 11) is 2.08. The summed E-state index contributed by atoms with van der Waals surface area (Å²) in [6.45, 7) is 1.59. The van der Waals surface area contributed by atoms with E-state index in [9.17, 15) is 9.59 Å². The van der Waals surface area contributed by atoms with Crippen LogP contribution >= 0.6 is 0 Å². The van der Waals surface area contributed by atoms with Crippen molar-refractivity contribution in [3.8, 4) is 0 Å². The van der Waals surface area contributed by atoms with Crippen molar-refractivity contribution in [3.05, 3.63) is 0 Å². The van der Waals surface area contributed by atoms with Gasteiger partial charge in [-0.1, -0.05) is 12.8 Å². The van der Waals surface area contributed by atoms with Crippen LogP contribution in [0.15, 0.2) is 0 Å². The number of carboxylic acid groups (broad SMARTS) is 1. The first-order valence-corrected chi connectivity index (χ1v) is 6.53. The number of carbonyl (C=O) groups is 2. The van der Waals surface area contributed by atoms with Crippen molar-refractivity contribution >= 4 is 12.0 Å². The van der Waals surface area contributed by atoms with Crippen LogP contribution in [0, 0.1) is 0 Å². The zero-order valence-electron chi connectivity index (χ0n) is 10.9. The molecule has 1 aliphatic rings. The fourth-order valence-electron chi connectivity index (χ4n) is 2.22. The van der Waals surface area contributed by atoms with Crippen molar-refractivity contribution < 1.29 is 14.7 Å². The summed E-state index contributed by atoms with van der Waals surface area (Å²) < 4.78 is 0. The monoisotopic (exact) mass is 257 g/mol. The van der Waals surface area contributed by atoms with Gasteiger partial charge >= 0.3 is 12.0 Å². The summed E-state index contributed by atoms with van der Waals surface area (Å²) in [5.74, 6) is -0.906. The molecule has 1 rings (SSSR count). The fraction of sp³-hybridized carbons (Fsp3) is 0.833. The Kier molecular flexibility index (Phi) is 6.49. The number of carbonyl (C=O) groups excluding carboxylic acids is 1. The van der Waals surface area contributed by atoms with Gasteiger partial charge in [0.1, 0.15) is 0 Å². The lowest BCUT2D eigenvalue weighted by Gasteiger charge is -2.23. The van der Waals surface area contributed by atoms with Crippen molar-refractivity contribution in [1.29, 1.82) is 0 Å². The molecule has 0 spiro atoms. The molecular weight excluding hydrogens is 234 g/mol. The summed E-state index contributed by atoms with van der Waals surface area (Å²) in [6, 6.07) is 0.359. The van der Waals surface area contributed by atoms with Gasteiger partial charge in [-0.2, -0.15) is 0 Å². The molecule has 0 aliphatic heterocycles. The lowest BCUT2D eigenvalue weighted by atomic mass is 10.2. The standard InChI is InChI=1S/C12H23N3O3/c1-15(10-4-2-3-5-10)9-8-14-12(18)13-7-6-11(16)17/h10H,2-9H2,1H3,(H,16,17)(H2,13,14,18). The molecule has 0 radical (unpaired) electrons. The highest BCUT2D eigenvalue weighted by molar-refractivity contribution is 5.74. The number of nitrogens with zero attached hydrogens (tertiary/aromatic N) is 1. The average Bonchev–Trinajstić information content (AvgIpc) is 2.81. The molecule has 0 heterocycles. The summed E-state index contributed by atoms with van der Waals surface area (Å²) in [5, 5.41) is 13.7. The van der Waals surface area contributed by atoms with E-state index in [1.165, 1.54) is 25.7 Å². The second-order valence-electron chi connectivity index (χ2n) is 4.75. The van der Waals surface area contributed by atoms with Gasteiger partial charge in [0.2, 0.25) is 0 Å². The van der Waals surface area contributed by atoms with Crippen LogP contribution in [-0.2, 0) is 4.79 Å². The number of likely N-dealkylation sites (N-methyl/N-ethyl adjacent to an activating group) is 1. The van der Waals surface area contributed by atoms with Crippen molar-refractivity contribution in [1.82, 2.24) is 15.5 Å². The van der Waals surface area contributed by atoms with Crippen LogP contribution < -0.4 is 10.6 Å². The smallest absolute Gasteiger partial charge is 0.314 e. The maximum absolute atomic E-state index is 11.3. The van der Waals surface area contributed by atoms with E-state index in [1.807, 2.05) is 0 Å². The third-order valence-electron chi connectivity index (χ3n) is 3.32. The zero-order chi connectivity index (χ0) is 13.4. The summed E-state index contributed by atoms with van der Waals surface area (Å²) in [6.07, 6.45) is 5.06. The molecule has 6 nitrogen and oxygen atoms in total. The van der Waals surface area contributed by atoms with Gasteiger partial charge < -0.3 is 20.6 Å². The second-order valence-corrected chi connectivity index (χ2v) is 4.75. The number of amides is 2. The number of urea groups is 1. The largest absolute Gasteiger partial charge is 0.481 e. The number of hydrogen-bond acceptors (Lipinski definition) is 3. The molecule has 3 N–H and O–H groups in total. The van der Waals surface area contributed by atoms with Crippen LogP contribution in [-0.4, -0.2) is 54.7 Å². The molecule has 18 heavy (non-hydrogen) atoms. The molecule has 1 fully saturated rings. The minimum Gasteiger partial charge on any atom is -0.481 e. The van der Waals surface area contributed by atoms with E-state index in [-0.39, 0.29) is 19.0 Å². The first-order valence-electron chi connectivity index (χ1n) is 6.53. The van der Waals surface area contributed by atoms with Gasteiger partial charge in [-0.05, 0) is 19.9 Å². The van der Waals surface area contributed by atoms with E-state index in [2.05, 4.69) is 22.6 Å². The van der Waals surface area contributed by atoms with E-state index >= 15 is 0 Å².